The minimum Gasteiger partial charge on any atom is -0.494 e. The number of aliphatic hydroxyl groups is 1. The van der Waals surface area contributed by atoms with Gasteiger partial charge in [-0.05, 0) is 56.2 Å². The number of benzene rings is 2. The first-order valence-corrected chi connectivity index (χ1v) is 11.2. The first-order valence-electron chi connectivity index (χ1n) is 10.3. The summed E-state index contributed by atoms with van der Waals surface area (Å²) in [5.74, 6) is 0.284. The van der Waals surface area contributed by atoms with Crippen molar-refractivity contribution < 1.29 is 27.8 Å². The molecule has 0 aliphatic rings. The fourth-order valence-electron chi connectivity index (χ4n) is 2.88. The molecule has 0 aliphatic carbocycles. The molecule has 2 aromatic carbocycles. The Bertz CT molecular complexity index is 1160. The number of alkyl halides is 3. The standard InChI is InChI=1S/C23H23F3N4O3S/c1-22(28,14-31)21-30-29-20(34-21)16-7-8-19(18(12-16)23(24,25)26)33-10-3-2-9-32-17-6-4-5-15(11-17)13-27/h4-8,11-12,31H,2-3,9-10,14,28H2,1H3/t22-/m0/s1. The predicted molar refractivity (Wildman–Crippen MR) is 120 cm³/mol. The zero-order valence-corrected chi connectivity index (χ0v) is 19.1. The summed E-state index contributed by atoms with van der Waals surface area (Å²) in [5.41, 5.74) is 4.59. The van der Waals surface area contributed by atoms with E-state index in [1.807, 2.05) is 6.07 Å². The molecule has 1 heterocycles. The van der Waals surface area contributed by atoms with E-state index in [2.05, 4.69) is 10.2 Å². The van der Waals surface area contributed by atoms with Gasteiger partial charge in [-0.2, -0.15) is 18.4 Å². The van der Waals surface area contributed by atoms with Gasteiger partial charge in [0, 0.05) is 5.56 Å². The Labute approximate surface area is 198 Å². The zero-order chi connectivity index (χ0) is 24.8. The van der Waals surface area contributed by atoms with E-state index in [1.54, 1.807) is 31.2 Å². The molecule has 11 heteroatoms. The molecule has 7 nitrogen and oxygen atoms in total. The van der Waals surface area contributed by atoms with Gasteiger partial charge in [0.25, 0.3) is 0 Å². The van der Waals surface area contributed by atoms with Gasteiger partial charge in [-0.15, -0.1) is 10.2 Å². The van der Waals surface area contributed by atoms with Crippen LogP contribution >= 0.6 is 11.3 Å². The van der Waals surface area contributed by atoms with Gasteiger partial charge in [-0.1, -0.05) is 17.4 Å². The van der Waals surface area contributed by atoms with Gasteiger partial charge in [0.15, 0.2) is 0 Å². The van der Waals surface area contributed by atoms with Crippen LogP contribution in [0.25, 0.3) is 10.6 Å². The van der Waals surface area contributed by atoms with E-state index in [9.17, 15) is 18.3 Å². The van der Waals surface area contributed by atoms with Crippen molar-refractivity contribution in [2.75, 3.05) is 19.8 Å². The summed E-state index contributed by atoms with van der Waals surface area (Å²) in [6.07, 6.45) is -3.58. The van der Waals surface area contributed by atoms with E-state index in [-0.39, 0.29) is 29.5 Å². The number of unbranched alkanes of at least 4 members (excludes halogenated alkanes) is 1. The summed E-state index contributed by atoms with van der Waals surface area (Å²) in [5, 5.41) is 26.7. The van der Waals surface area contributed by atoms with Crippen LogP contribution in [0.3, 0.4) is 0 Å². The van der Waals surface area contributed by atoms with Crippen molar-refractivity contribution in [2.45, 2.75) is 31.5 Å². The average molecular weight is 493 g/mol. The first kappa shape index (κ1) is 25.4. The smallest absolute Gasteiger partial charge is 0.419 e. The molecule has 34 heavy (non-hydrogen) atoms. The van der Waals surface area contributed by atoms with Gasteiger partial charge in [0.05, 0.1) is 42.6 Å². The zero-order valence-electron chi connectivity index (χ0n) is 18.3. The molecule has 1 aromatic heterocycles. The average Bonchev–Trinajstić information content (AvgIpc) is 3.32. The van der Waals surface area contributed by atoms with Crippen molar-refractivity contribution in [1.82, 2.24) is 10.2 Å². The monoisotopic (exact) mass is 492 g/mol. The maximum atomic E-state index is 13.7. The second-order valence-electron chi connectivity index (χ2n) is 7.74. The number of hydrogen-bond donors (Lipinski definition) is 2. The number of halogens is 3. The molecule has 0 saturated heterocycles. The fourth-order valence-corrected chi connectivity index (χ4v) is 3.77. The van der Waals surface area contributed by atoms with Crippen molar-refractivity contribution in [3.63, 3.8) is 0 Å². The highest BCUT2D eigenvalue weighted by Crippen LogP contribution is 2.39. The summed E-state index contributed by atoms with van der Waals surface area (Å²) in [7, 11) is 0. The summed E-state index contributed by atoms with van der Waals surface area (Å²) >= 11 is 1.02. The lowest BCUT2D eigenvalue weighted by Crippen LogP contribution is -2.36. The molecule has 0 amide bonds. The predicted octanol–water partition coefficient (Wildman–Crippen LogP) is 4.50. The summed E-state index contributed by atoms with van der Waals surface area (Å²) in [6.45, 7) is 1.61. The minimum absolute atomic E-state index is 0.0784. The molecule has 0 fully saturated rings. The topological polar surface area (TPSA) is 114 Å². The van der Waals surface area contributed by atoms with E-state index in [0.717, 1.165) is 17.4 Å². The quantitative estimate of drug-likeness (QED) is 0.401. The Kier molecular flexibility index (Phi) is 8.09. The Morgan fingerprint density at radius 2 is 1.82 bits per heavy atom. The van der Waals surface area contributed by atoms with Crippen molar-refractivity contribution in [2.24, 2.45) is 5.73 Å². The van der Waals surface area contributed by atoms with Gasteiger partial charge < -0.3 is 20.3 Å². The molecule has 0 unspecified atom stereocenters. The number of nitrogens with two attached hydrogens (primary N) is 1. The number of nitriles is 1. The fraction of sp³-hybridized carbons (Fsp3) is 0.348. The van der Waals surface area contributed by atoms with Gasteiger partial charge in [-0.25, -0.2) is 0 Å². The highest BCUT2D eigenvalue weighted by molar-refractivity contribution is 7.14. The molecule has 3 rings (SSSR count). The highest BCUT2D eigenvalue weighted by atomic mass is 32.1. The maximum Gasteiger partial charge on any atom is 0.419 e. The molecule has 3 aromatic rings. The number of aliphatic hydroxyl groups excluding tert-OH is 1. The van der Waals surface area contributed by atoms with Crippen LogP contribution < -0.4 is 15.2 Å². The van der Waals surface area contributed by atoms with Crippen molar-refractivity contribution >= 4 is 11.3 Å². The van der Waals surface area contributed by atoms with Crippen LogP contribution in [0, 0.1) is 11.3 Å². The third-order valence-corrected chi connectivity index (χ3v) is 6.05. The molecule has 1 atom stereocenters. The number of hydrogen-bond acceptors (Lipinski definition) is 8. The largest absolute Gasteiger partial charge is 0.494 e. The van der Waals surface area contributed by atoms with Gasteiger partial charge in [-0.3, -0.25) is 0 Å². The van der Waals surface area contributed by atoms with Gasteiger partial charge >= 0.3 is 6.18 Å². The molecule has 0 saturated carbocycles. The van der Waals surface area contributed by atoms with E-state index < -0.39 is 17.3 Å². The van der Waals surface area contributed by atoms with Crippen molar-refractivity contribution in [3.05, 3.63) is 58.6 Å². The van der Waals surface area contributed by atoms with Crippen LogP contribution in [0.2, 0.25) is 0 Å². The number of rotatable bonds is 10. The summed E-state index contributed by atoms with van der Waals surface area (Å²) in [4.78, 5) is 0. The minimum atomic E-state index is -4.62. The van der Waals surface area contributed by atoms with E-state index >= 15 is 0 Å². The molecule has 3 N–H and O–H groups in total. The normalized spacial score (nSPS) is 13.2. The van der Waals surface area contributed by atoms with Crippen LogP contribution in [0.15, 0.2) is 42.5 Å². The summed E-state index contributed by atoms with van der Waals surface area (Å²) < 4.78 is 52.0. The third-order valence-electron chi connectivity index (χ3n) is 4.80. The number of ether oxygens (including phenoxy) is 2. The van der Waals surface area contributed by atoms with E-state index in [0.29, 0.717) is 35.8 Å². The van der Waals surface area contributed by atoms with E-state index in [1.165, 1.54) is 12.1 Å². The first-order chi connectivity index (χ1) is 16.1. The van der Waals surface area contributed by atoms with Gasteiger partial charge in [0.2, 0.25) is 0 Å². The SMILES string of the molecule is C[C@](N)(CO)c1nnc(-c2ccc(OCCCCOc3cccc(C#N)c3)c(C(F)(F)F)c2)s1. The molecule has 180 valence electrons. The molecule has 0 radical (unpaired) electrons. The molecular weight excluding hydrogens is 469 g/mol. The Morgan fingerprint density at radius 3 is 2.50 bits per heavy atom. The Hall–Kier alpha value is -3.20. The molecule has 0 spiro atoms. The second kappa shape index (κ2) is 10.8. The van der Waals surface area contributed by atoms with Crippen molar-refractivity contribution in [3.8, 4) is 28.1 Å². The maximum absolute atomic E-state index is 13.7. The molecule has 0 bridgehead atoms. The van der Waals surface area contributed by atoms with Crippen LogP contribution in [-0.2, 0) is 11.7 Å². The third kappa shape index (κ3) is 6.44. The number of nitrogens with zero attached hydrogens (tertiary/aromatic N) is 3. The highest BCUT2D eigenvalue weighted by Gasteiger charge is 2.35. The summed E-state index contributed by atoms with van der Waals surface area (Å²) in [6, 6.07) is 12.5. The van der Waals surface area contributed by atoms with Crippen LogP contribution in [0.4, 0.5) is 13.2 Å². The number of aromatic nitrogens is 2. The van der Waals surface area contributed by atoms with E-state index in [4.69, 9.17) is 20.5 Å². The molecular formula is C23H23F3N4O3S. The second-order valence-corrected chi connectivity index (χ2v) is 8.72. The van der Waals surface area contributed by atoms with Crippen LogP contribution in [0.1, 0.15) is 35.9 Å². The van der Waals surface area contributed by atoms with Crippen molar-refractivity contribution in [1.29, 1.82) is 5.26 Å². The lowest BCUT2D eigenvalue weighted by molar-refractivity contribution is -0.138. The Balaban J connectivity index is 1.61. The molecule has 0 aliphatic heterocycles. The van der Waals surface area contributed by atoms with Crippen LogP contribution in [-0.4, -0.2) is 35.1 Å². The Morgan fingerprint density at radius 1 is 1.09 bits per heavy atom. The van der Waals surface area contributed by atoms with Gasteiger partial charge in [0.1, 0.15) is 21.5 Å². The van der Waals surface area contributed by atoms with Crippen LogP contribution in [0.5, 0.6) is 11.5 Å². The lowest BCUT2D eigenvalue weighted by Gasteiger charge is -2.17. The lowest BCUT2D eigenvalue weighted by atomic mass is 10.1.